The van der Waals surface area contributed by atoms with Crippen LogP contribution in [0.15, 0.2) is 30.3 Å². The molecule has 0 aromatic heterocycles. The predicted octanol–water partition coefficient (Wildman–Crippen LogP) is 2.51. The molecule has 0 fully saturated rings. The molecule has 1 aromatic carbocycles. The lowest BCUT2D eigenvalue weighted by molar-refractivity contribution is -0.131. The first-order valence-corrected chi connectivity index (χ1v) is 8.25. The Balaban J connectivity index is 2.54. The molecule has 1 aromatic rings. The van der Waals surface area contributed by atoms with Crippen LogP contribution in [0.25, 0.3) is 0 Å². The van der Waals surface area contributed by atoms with E-state index in [0.29, 0.717) is 5.75 Å². The van der Waals surface area contributed by atoms with Gasteiger partial charge >= 0.3 is 0 Å². The molecule has 128 valence electrons. The maximum atomic E-state index is 12.4. The zero-order chi connectivity index (χ0) is 17.2. The van der Waals surface area contributed by atoms with Crippen molar-refractivity contribution in [2.45, 2.75) is 52.6 Å². The van der Waals surface area contributed by atoms with Gasteiger partial charge < -0.3 is 15.4 Å². The second-order valence-electron chi connectivity index (χ2n) is 5.91. The normalized spacial score (nSPS) is 12.1. The number of carbonyl (C=O) groups excluding carboxylic acids is 2. The van der Waals surface area contributed by atoms with Gasteiger partial charge in [0.1, 0.15) is 11.8 Å². The molecule has 0 heterocycles. The zero-order valence-electron chi connectivity index (χ0n) is 14.5. The van der Waals surface area contributed by atoms with Crippen molar-refractivity contribution in [1.29, 1.82) is 0 Å². The lowest BCUT2D eigenvalue weighted by atomic mass is 10.0. The number of hydrogen-bond donors (Lipinski definition) is 2. The number of carbonyl (C=O) groups is 2. The Bertz CT molecular complexity index is 484. The monoisotopic (exact) mass is 320 g/mol. The lowest BCUT2D eigenvalue weighted by Crippen LogP contribution is -2.52. The number of para-hydroxylation sites is 1. The molecular weight excluding hydrogens is 292 g/mol. The van der Waals surface area contributed by atoms with Gasteiger partial charge in [0, 0.05) is 6.04 Å². The smallest absolute Gasteiger partial charge is 0.258 e. The van der Waals surface area contributed by atoms with E-state index in [1.165, 1.54) is 0 Å². The van der Waals surface area contributed by atoms with Crippen molar-refractivity contribution < 1.29 is 14.3 Å². The number of benzene rings is 1. The fourth-order valence-corrected chi connectivity index (χ4v) is 2.20. The summed E-state index contributed by atoms with van der Waals surface area (Å²) < 4.78 is 5.41. The van der Waals surface area contributed by atoms with Crippen LogP contribution in [0.4, 0.5) is 0 Å². The molecule has 2 N–H and O–H groups in total. The standard InChI is InChI=1S/C18H28N2O3/c1-5-14(6-2)19-18(22)17(13(3)4)20-16(21)12-23-15-10-8-7-9-11-15/h7-11,13-14,17H,5-6,12H2,1-4H3,(H,19,22)(H,20,21). The highest BCUT2D eigenvalue weighted by atomic mass is 16.5. The van der Waals surface area contributed by atoms with E-state index in [9.17, 15) is 9.59 Å². The van der Waals surface area contributed by atoms with Gasteiger partial charge in [-0.1, -0.05) is 45.9 Å². The third-order valence-electron chi connectivity index (χ3n) is 3.71. The van der Waals surface area contributed by atoms with Crippen LogP contribution in [-0.4, -0.2) is 30.5 Å². The molecular formula is C18H28N2O3. The second kappa shape index (κ2) is 9.87. The van der Waals surface area contributed by atoms with Crippen LogP contribution >= 0.6 is 0 Å². The van der Waals surface area contributed by atoms with E-state index in [-0.39, 0.29) is 30.4 Å². The zero-order valence-corrected chi connectivity index (χ0v) is 14.5. The molecule has 5 heteroatoms. The first-order valence-electron chi connectivity index (χ1n) is 8.25. The molecule has 1 unspecified atom stereocenters. The fourth-order valence-electron chi connectivity index (χ4n) is 2.20. The van der Waals surface area contributed by atoms with Crippen molar-refractivity contribution in [3.63, 3.8) is 0 Å². The summed E-state index contributed by atoms with van der Waals surface area (Å²) in [7, 11) is 0. The highest BCUT2D eigenvalue weighted by Crippen LogP contribution is 2.08. The van der Waals surface area contributed by atoms with Crippen LogP contribution in [-0.2, 0) is 9.59 Å². The molecule has 0 aliphatic rings. The lowest BCUT2D eigenvalue weighted by Gasteiger charge is -2.24. The van der Waals surface area contributed by atoms with Crippen LogP contribution in [0.5, 0.6) is 5.75 Å². The number of ether oxygens (including phenoxy) is 1. The van der Waals surface area contributed by atoms with Crippen molar-refractivity contribution in [2.24, 2.45) is 5.92 Å². The van der Waals surface area contributed by atoms with Gasteiger partial charge in [-0.05, 0) is 30.9 Å². The average Bonchev–Trinajstić information content (AvgIpc) is 2.56. The Hall–Kier alpha value is -2.04. The Morgan fingerprint density at radius 3 is 2.17 bits per heavy atom. The third-order valence-corrected chi connectivity index (χ3v) is 3.71. The van der Waals surface area contributed by atoms with Crippen LogP contribution < -0.4 is 15.4 Å². The van der Waals surface area contributed by atoms with Gasteiger partial charge in [-0.15, -0.1) is 0 Å². The first kappa shape index (κ1) is 19.0. The van der Waals surface area contributed by atoms with E-state index in [4.69, 9.17) is 4.74 Å². The minimum absolute atomic E-state index is 0.00466. The summed E-state index contributed by atoms with van der Waals surface area (Å²) in [6.45, 7) is 7.78. The van der Waals surface area contributed by atoms with E-state index < -0.39 is 6.04 Å². The van der Waals surface area contributed by atoms with Crippen molar-refractivity contribution in [2.75, 3.05) is 6.61 Å². The largest absolute Gasteiger partial charge is 0.484 e. The van der Waals surface area contributed by atoms with Crippen molar-refractivity contribution in [3.05, 3.63) is 30.3 Å². The Kier molecular flexibility index (Phi) is 8.16. The second-order valence-corrected chi connectivity index (χ2v) is 5.91. The van der Waals surface area contributed by atoms with Gasteiger partial charge in [0.25, 0.3) is 5.91 Å². The van der Waals surface area contributed by atoms with Gasteiger partial charge in [-0.3, -0.25) is 9.59 Å². The van der Waals surface area contributed by atoms with E-state index in [0.717, 1.165) is 12.8 Å². The van der Waals surface area contributed by atoms with Crippen LogP contribution in [0, 0.1) is 5.92 Å². The number of nitrogens with one attached hydrogen (secondary N) is 2. The maximum Gasteiger partial charge on any atom is 0.258 e. The summed E-state index contributed by atoms with van der Waals surface area (Å²) >= 11 is 0. The molecule has 1 rings (SSSR count). The molecule has 0 aliphatic heterocycles. The summed E-state index contributed by atoms with van der Waals surface area (Å²) in [6.07, 6.45) is 1.75. The summed E-state index contributed by atoms with van der Waals surface area (Å²) in [5.74, 6) is 0.198. The van der Waals surface area contributed by atoms with Crippen molar-refractivity contribution in [1.82, 2.24) is 10.6 Å². The molecule has 5 nitrogen and oxygen atoms in total. The molecule has 0 radical (unpaired) electrons. The Labute approximate surface area is 138 Å². The molecule has 0 bridgehead atoms. The quantitative estimate of drug-likeness (QED) is 0.734. The van der Waals surface area contributed by atoms with Crippen molar-refractivity contribution in [3.8, 4) is 5.75 Å². The Morgan fingerprint density at radius 1 is 1.04 bits per heavy atom. The number of hydrogen-bond acceptors (Lipinski definition) is 3. The summed E-state index contributed by atoms with van der Waals surface area (Å²) in [5.41, 5.74) is 0. The summed E-state index contributed by atoms with van der Waals surface area (Å²) in [6, 6.07) is 8.72. The number of rotatable bonds is 9. The molecule has 0 saturated carbocycles. The summed E-state index contributed by atoms with van der Waals surface area (Å²) in [5, 5.41) is 5.75. The van der Waals surface area contributed by atoms with Crippen LogP contribution in [0.1, 0.15) is 40.5 Å². The van der Waals surface area contributed by atoms with E-state index in [1.807, 2.05) is 45.9 Å². The Morgan fingerprint density at radius 2 is 1.65 bits per heavy atom. The maximum absolute atomic E-state index is 12.4. The number of amides is 2. The molecule has 1 atom stereocenters. The van der Waals surface area contributed by atoms with Crippen LogP contribution in [0.3, 0.4) is 0 Å². The van der Waals surface area contributed by atoms with Gasteiger partial charge in [0.15, 0.2) is 6.61 Å². The predicted molar refractivity (Wildman–Crippen MR) is 91.2 cm³/mol. The fraction of sp³-hybridized carbons (Fsp3) is 0.556. The highest BCUT2D eigenvalue weighted by Gasteiger charge is 2.25. The molecule has 0 saturated heterocycles. The third kappa shape index (κ3) is 6.72. The average molecular weight is 320 g/mol. The van der Waals surface area contributed by atoms with Crippen LogP contribution in [0.2, 0.25) is 0 Å². The molecule has 0 spiro atoms. The van der Waals surface area contributed by atoms with Gasteiger partial charge in [-0.25, -0.2) is 0 Å². The van der Waals surface area contributed by atoms with Gasteiger partial charge in [-0.2, -0.15) is 0 Å². The first-order chi connectivity index (χ1) is 11.0. The minimum atomic E-state index is -0.553. The molecule has 2 amide bonds. The summed E-state index contributed by atoms with van der Waals surface area (Å²) in [4.78, 5) is 24.4. The molecule has 23 heavy (non-hydrogen) atoms. The molecule has 0 aliphatic carbocycles. The van der Waals surface area contributed by atoms with Gasteiger partial charge in [0.05, 0.1) is 0 Å². The van der Waals surface area contributed by atoms with Gasteiger partial charge in [0.2, 0.25) is 5.91 Å². The van der Waals surface area contributed by atoms with Crippen molar-refractivity contribution >= 4 is 11.8 Å². The van der Waals surface area contributed by atoms with E-state index >= 15 is 0 Å². The minimum Gasteiger partial charge on any atom is -0.484 e. The topological polar surface area (TPSA) is 67.4 Å². The van der Waals surface area contributed by atoms with E-state index in [1.54, 1.807) is 12.1 Å². The SMILES string of the molecule is CCC(CC)NC(=O)C(NC(=O)COc1ccccc1)C(C)C. The highest BCUT2D eigenvalue weighted by molar-refractivity contribution is 5.88. The van der Waals surface area contributed by atoms with E-state index in [2.05, 4.69) is 10.6 Å².